The highest BCUT2D eigenvalue weighted by molar-refractivity contribution is 6.31. The van der Waals surface area contributed by atoms with Crippen molar-refractivity contribution < 1.29 is 28.6 Å². The maximum absolute atomic E-state index is 13.9. The summed E-state index contributed by atoms with van der Waals surface area (Å²) in [5.41, 5.74) is 1.30. The molecule has 46 heavy (non-hydrogen) atoms. The molecule has 0 spiro atoms. The van der Waals surface area contributed by atoms with E-state index in [2.05, 4.69) is 10.4 Å². The van der Waals surface area contributed by atoms with E-state index in [4.69, 9.17) is 25.8 Å². The number of halogens is 1. The zero-order chi connectivity index (χ0) is 33.0. The van der Waals surface area contributed by atoms with Gasteiger partial charge >= 0.3 is 5.97 Å². The molecule has 2 heterocycles. The standard InChI is InChI=1S/C35H34ClN3O7/c1-21(40)27-15-12-24(36)17-28(27)29-18-31(41)39(38-33(29)45-26-19-44-20-26)30(16-22-8-6-5-7-9-22)32(42)37-25-13-10-23(11-14-25)34(43)46-35(2,3)4/h5-15,17-18,26,30H,16,19-20H2,1-4H3,(H,37,42). The molecule has 5 rings (SSSR count). The highest BCUT2D eigenvalue weighted by Crippen LogP contribution is 2.34. The maximum atomic E-state index is 13.9. The first-order valence-electron chi connectivity index (χ1n) is 14.8. The van der Waals surface area contributed by atoms with E-state index in [0.717, 1.165) is 10.2 Å². The SMILES string of the molecule is CC(=O)c1ccc(Cl)cc1-c1cc(=O)n(C(Cc2ccccc2)C(=O)Nc2ccc(C(=O)OC(C)(C)C)cc2)nc1OC1COC1. The molecule has 1 N–H and O–H groups in total. The van der Waals surface area contributed by atoms with Crippen molar-refractivity contribution in [1.82, 2.24) is 9.78 Å². The lowest BCUT2D eigenvalue weighted by Gasteiger charge is -2.28. The van der Waals surface area contributed by atoms with Gasteiger partial charge in [-0.1, -0.05) is 41.9 Å². The predicted octanol–water partition coefficient (Wildman–Crippen LogP) is 5.92. The van der Waals surface area contributed by atoms with Gasteiger partial charge in [0.2, 0.25) is 11.8 Å². The second-order valence-corrected chi connectivity index (χ2v) is 12.4. The van der Waals surface area contributed by atoms with Crippen LogP contribution in [0.15, 0.2) is 83.7 Å². The number of amides is 1. The Balaban J connectivity index is 1.54. The van der Waals surface area contributed by atoms with E-state index in [1.807, 2.05) is 30.3 Å². The zero-order valence-corrected chi connectivity index (χ0v) is 26.7. The van der Waals surface area contributed by atoms with E-state index in [9.17, 15) is 19.2 Å². The second-order valence-electron chi connectivity index (χ2n) is 11.9. The molecule has 0 saturated carbocycles. The summed E-state index contributed by atoms with van der Waals surface area (Å²) < 4.78 is 17.9. The van der Waals surface area contributed by atoms with Crippen molar-refractivity contribution in [2.45, 2.75) is 51.9 Å². The van der Waals surface area contributed by atoms with Crippen LogP contribution in [0.4, 0.5) is 5.69 Å². The van der Waals surface area contributed by atoms with E-state index in [1.165, 1.54) is 13.0 Å². The fraction of sp³-hybridized carbons (Fsp3) is 0.286. The van der Waals surface area contributed by atoms with E-state index < -0.39 is 29.1 Å². The van der Waals surface area contributed by atoms with E-state index in [1.54, 1.807) is 63.2 Å². The summed E-state index contributed by atoms with van der Waals surface area (Å²) in [7, 11) is 0. The van der Waals surface area contributed by atoms with Crippen molar-refractivity contribution >= 4 is 34.9 Å². The number of nitrogens with one attached hydrogen (secondary N) is 1. The highest BCUT2D eigenvalue weighted by Gasteiger charge is 2.29. The number of rotatable bonds is 10. The number of benzene rings is 3. The lowest BCUT2D eigenvalue weighted by Crippen LogP contribution is -2.40. The summed E-state index contributed by atoms with van der Waals surface area (Å²) in [5, 5.41) is 7.79. The first-order valence-corrected chi connectivity index (χ1v) is 15.1. The van der Waals surface area contributed by atoms with Gasteiger partial charge in [0.25, 0.3) is 5.56 Å². The Hall–Kier alpha value is -4.80. The molecular formula is C35H34ClN3O7. The van der Waals surface area contributed by atoms with Crippen LogP contribution in [0.5, 0.6) is 5.88 Å². The Morgan fingerprint density at radius 1 is 1.00 bits per heavy atom. The molecule has 3 aromatic carbocycles. The van der Waals surface area contributed by atoms with E-state index >= 15 is 0 Å². The number of ether oxygens (including phenoxy) is 3. The molecule has 0 aliphatic carbocycles. The molecule has 1 aliphatic rings. The monoisotopic (exact) mass is 643 g/mol. The molecule has 1 amide bonds. The van der Waals surface area contributed by atoms with Gasteiger partial charge in [0.15, 0.2) is 5.78 Å². The quantitative estimate of drug-likeness (QED) is 0.167. The number of hydrogen-bond donors (Lipinski definition) is 1. The van der Waals surface area contributed by atoms with Crippen LogP contribution in [0.1, 0.15) is 60.0 Å². The summed E-state index contributed by atoms with van der Waals surface area (Å²) in [4.78, 5) is 52.7. The molecule has 10 nitrogen and oxygen atoms in total. The zero-order valence-electron chi connectivity index (χ0n) is 25.9. The van der Waals surface area contributed by atoms with Gasteiger partial charge in [0, 0.05) is 28.8 Å². The first kappa shape index (κ1) is 32.6. The Morgan fingerprint density at radius 2 is 1.70 bits per heavy atom. The average Bonchev–Trinajstić information content (AvgIpc) is 2.98. The van der Waals surface area contributed by atoms with Crippen molar-refractivity contribution in [2.24, 2.45) is 0 Å². The number of hydrogen-bond acceptors (Lipinski definition) is 8. The molecule has 1 unspecified atom stereocenters. The number of esters is 1. The number of aromatic nitrogens is 2. The number of carbonyl (C=O) groups excluding carboxylic acids is 3. The molecule has 1 saturated heterocycles. The van der Waals surface area contributed by atoms with Gasteiger partial charge in [-0.2, -0.15) is 0 Å². The summed E-state index contributed by atoms with van der Waals surface area (Å²) in [5.74, 6) is -1.17. The molecule has 238 valence electrons. The summed E-state index contributed by atoms with van der Waals surface area (Å²) in [6, 6.07) is 20.5. The van der Waals surface area contributed by atoms with Gasteiger partial charge in [-0.15, -0.1) is 5.10 Å². The Kier molecular flexibility index (Phi) is 9.69. The van der Waals surface area contributed by atoms with Crippen molar-refractivity contribution in [3.05, 3.63) is 111 Å². The van der Waals surface area contributed by atoms with Crippen LogP contribution >= 0.6 is 11.6 Å². The number of nitrogens with zero attached hydrogens (tertiary/aromatic N) is 2. The van der Waals surface area contributed by atoms with Crippen molar-refractivity contribution in [3.8, 4) is 17.0 Å². The van der Waals surface area contributed by atoms with Crippen LogP contribution in [0, 0.1) is 0 Å². The smallest absolute Gasteiger partial charge is 0.338 e. The van der Waals surface area contributed by atoms with Crippen LogP contribution < -0.4 is 15.6 Å². The average molecular weight is 644 g/mol. The molecule has 1 atom stereocenters. The van der Waals surface area contributed by atoms with E-state index in [0.29, 0.717) is 40.6 Å². The van der Waals surface area contributed by atoms with Crippen LogP contribution in [0.25, 0.3) is 11.1 Å². The van der Waals surface area contributed by atoms with Gasteiger partial charge < -0.3 is 19.5 Å². The summed E-state index contributed by atoms with van der Waals surface area (Å²) >= 11 is 6.30. The minimum atomic E-state index is -1.10. The number of carbonyl (C=O) groups is 3. The van der Waals surface area contributed by atoms with Crippen LogP contribution in [0.2, 0.25) is 5.02 Å². The lowest BCUT2D eigenvalue weighted by molar-refractivity contribution is -0.119. The lowest BCUT2D eigenvalue weighted by atomic mass is 9.98. The topological polar surface area (TPSA) is 126 Å². The minimum Gasteiger partial charge on any atom is -0.468 e. The van der Waals surface area contributed by atoms with Crippen LogP contribution in [-0.4, -0.2) is 52.4 Å². The van der Waals surface area contributed by atoms with Gasteiger partial charge in [-0.3, -0.25) is 14.4 Å². The third-order valence-corrected chi connectivity index (χ3v) is 7.35. The van der Waals surface area contributed by atoms with Crippen molar-refractivity contribution in [1.29, 1.82) is 0 Å². The predicted molar refractivity (Wildman–Crippen MR) is 174 cm³/mol. The normalized spacial score (nSPS) is 13.8. The van der Waals surface area contributed by atoms with Crippen molar-refractivity contribution in [2.75, 3.05) is 18.5 Å². The van der Waals surface area contributed by atoms with Crippen LogP contribution in [-0.2, 0) is 20.7 Å². The summed E-state index contributed by atoms with van der Waals surface area (Å²) in [6.07, 6.45) is -0.196. The Labute approximate surface area is 271 Å². The van der Waals surface area contributed by atoms with E-state index in [-0.39, 0.29) is 29.8 Å². The van der Waals surface area contributed by atoms with Gasteiger partial charge in [0.05, 0.1) is 24.3 Å². The third-order valence-electron chi connectivity index (χ3n) is 7.12. The fourth-order valence-corrected chi connectivity index (χ4v) is 4.99. The molecule has 1 fully saturated rings. The van der Waals surface area contributed by atoms with Gasteiger partial charge in [-0.25, -0.2) is 9.48 Å². The largest absolute Gasteiger partial charge is 0.468 e. The van der Waals surface area contributed by atoms with Gasteiger partial charge in [0.1, 0.15) is 17.7 Å². The second kappa shape index (κ2) is 13.7. The Morgan fingerprint density at radius 3 is 2.30 bits per heavy atom. The van der Waals surface area contributed by atoms with Crippen molar-refractivity contribution in [3.63, 3.8) is 0 Å². The third kappa shape index (κ3) is 7.88. The molecule has 11 heteroatoms. The molecule has 1 aliphatic heterocycles. The highest BCUT2D eigenvalue weighted by atomic mass is 35.5. The Bertz CT molecular complexity index is 1810. The number of ketones is 1. The summed E-state index contributed by atoms with van der Waals surface area (Å²) in [6.45, 7) is 7.40. The molecule has 4 aromatic rings. The molecule has 0 bridgehead atoms. The van der Waals surface area contributed by atoms with Crippen LogP contribution in [0.3, 0.4) is 0 Å². The molecule has 1 aromatic heterocycles. The first-order chi connectivity index (χ1) is 21.9. The molecule has 0 radical (unpaired) electrons. The number of Topliss-reactive ketones (excluding diaryl/α,β-unsaturated/α-hetero) is 1. The minimum absolute atomic E-state index is 0.0604. The number of anilines is 1. The molecular weight excluding hydrogens is 610 g/mol. The van der Waals surface area contributed by atoms with Gasteiger partial charge in [-0.05, 0) is 81.3 Å². The maximum Gasteiger partial charge on any atom is 0.338 e. The fourth-order valence-electron chi connectivity index (χ4n) is 4.82.